The summed E-state index contributed by atoms with van der Waals surface area (Å²) in [5, 5.41) is 0. The maximum absolute atomic E-state index is 11.0. The van der Waals surface area contributed by atoms with Crippen molar-refractivity contribution in [3.05, 3.63) is 17.2 Å². The van der Waals surface area contributed by atoms with E-state index in [4.69, 9.17) is 5.73 Å². The van der Waals surface area contributed by atoms with Gasteiger partial charge in [-0.3, -0.25) is 0 Å². The normalized spacial score (nSPS) is 12.6. The van der Waals surface area contributed by atoms with Gasteiger partial charge in [0.15, 0.2) is 0 Å². The summed E-state index contributed by atoms with van der Waals surface area (Å²) < 4.78 is 4.51. The molecule has 72 valence electrons. The van der Waals surface area contributed by atoms with Crippen molar-refractivity contribution in [2.75, 3.05) is 7.11 Å². The van der Waals surface area contributed by atoms with Crippen LogP contribution in [0.2, 0.25) is 0 Å². The highest BCUT2D eigenvalue weighted by atomic mass is 16.5. The first-order valence-corrected chi connectivity index (χ1v) is 3.96. The summed E-state index contributed by atoms with van der Waals surface area (Å²) in [4.78, 5) is 17.9. The van der Waals surface area contributed by atoms with Crippen LogP contribution < -0.4 is 5.73 Å². The van der Waals surface area contributed by atoms with Crippen molar-refractivity contribution in [2.45, 2.75) is 19.9 Å². The van der Waals surface area contributed by atoms with Gasteiger partial charge in [0.1, 0.15) is 0 Å². The van der Waals surface area contributed by atoms with Gasteiger partial charge in [-0.1, -0.05) is 0 Å². The highest BCUT2D eigenvalue weighted by Crippen LogP contribution is 2.12. The number of H-pyrrole nitrogens is 1. The van der Waals surface area contributed by atoms with Gasteiger partial charge in [0, 0.05) is 11.7 Å². The lowest BCUT2D eigenvalue weighted by molar-refractivity contribution is 0.0587. The van der Waals surface area contributed by atoms with Crippen LogP contribution in [-0.2, 0) is 4.74 Å². The van der Waals surface area contributed by atoms with Crippen molar-refractivity contribution in [1.29, 1.82) is 0 Å². The van der Waals surface area contributed by atoms with E-state index >= 15 is 0 Å². The molecular formula is C8H13N3O2. The maximum Gasteiger partial charge on any atom is 0.374 e. The van der Waals surface area contributed by atoms with Crippen LogP contribution in [0.4, 0.5) is 0 Å². The summed E-state index contributed by atoms with van der Waals surface area (Å²) in [5.74, 6) is -0.276. The largest absolute Gasteiger partial charge is 0.463 e. The molecule has 1 aromatic rings. The molecule has 1 aromatic heterocycles. The highest BCUT2D eigenvalue weighted by Gasteiger charge is 2.15. The number of nitrogens with two attached hydrogens (primary N) is 1. The molecule has 0 fully saturated rings. The third kappa shape index (κ3) is 1.86. The lowest BCUT2D eigenvalue weighted by Gasteiger charge is -1.99. The van der Waals surface area contributed by atoms with Crippen molar-refractivity contribution in [2.24, 2.45) is 5.73 Å². The number of nitrogens with one attached hydrogen (secondary N) is 1. The van der Waals surface area contributed by atoms with Gasteiger partial charge in [-0.25, -0.2) is 9.78 Å². The summed E-state index contributed by atoms with van der Waals surface area (Å²) >= 11 is 0. The minimum absolute atomic E-state index is 0.186. The van der Waals surface area contributed by atoms with E-state index in [9.17, 15) is 4.79 Å². The molecule has 0 aliphatic rings. The predicted octanol–water partition coefficient (Wildman–Crippen LogP) is 0.524. The van der Waals surface area contributed by atoms with E-state index in [1.54, 1.807) is 0 Å². The molecule has 0 saturated heterocycles. The van der Waals surface area contributed by atoms with E-state index in [0.717, 1.165) is 5.69 Å². The predicted molar refractivity (Wildman–Crippen MR) is 47.3 cm³/mol. The Hall–Kier alpha value is -1.36. The number of methoxy groups -OCH3 is 1. The summed E-state index contributed by atoms with van der Waals surface area (Å²) in [6.07, 6.45) is 0. The molecule has 0 amide bonds. The average Bonchev–Trinajstić information content (AvgIpc) is 2.46. The first-order chi connectivity index (χ1) is 6.06. The van der Waals surface area contributed by atoms with Crippen LogP contribution in [0.1, 0.15) is 35.0 Å². The molecular weight excluding hydrogens is 170 g/mol. The first kappa shape index (κ1) is 9.73. The van der Waals surface area contributed by atoms with E-state index in [1.165, 1.54) is 7.11 Å². The summed E-state index contributed by atoms with van der Waals surface area (Å²) in [7, 11) is 1.31. The number of aromatic amines is 1. The van der Waals surface area contributed by atoms with Crippen LogP contribution in [0.3, 0.4) is 0 Å². The van der Waals surface area contributed by atoms with Gasteiger partial charge in [-0.2, -0.15) is 0 Å². The average molecular weight is 183 g/mol. The minimum Gasteiger partial charge on any atom is -0.463 e. The molecule has 0 bridgehead atoms. The van der Waals surface area contributed by atoms with E-state index in [1.807, 2.05) is 13.8 Å². The highest BCUT2D eigenvalue weighted by molar-refractivity contribution is 5.85. The van der Waals surface area contributed by atoms with Crippen molar-refractivity contribution >= 4 is 5.97 Å². The van der Waals surface area contributed by atoms with Crippen LogP contribution >= 0.6 is 0 Å². The second kappa shape index (κ2) is 3.57. The number of esters is 1. The van der Waals surface area contributed by atoms with E-state index in [0.29, 0.717) is 5.69 Å². The zero-order chi connectivity index (χ0) is 10.0. The molecule has 0 saturated carbocycles. The Morgan fingerprint density at radius 2 is 2.31 bits per heavy atom. The molecule has 3 N–H and O–H groups in total. The zero-order valence-electron chi connectivity index (χ0n) is 7.92. The summed E-state index contributed by atoms with van der Waals surface area (Å²) in [6.45, 7) is 3.63. The molecule has 5 nitrogen and oxygen atoms in total. The Bertz CT molecular complexity index is 317. The van der Waals surface area contributed by atoms with Crippen LogP contribution in [0.15, 0.2) is 0 Å². The fourth-order valence-electron chi connectivity index (χ4n) is 1.11. The lowest BCUT2D eigenvalue weighted by Crippen LogP contribution is -2.08. The molecule has 0 radical (unpaired) electrons. The number of ether oxygens (including phenoxy) is 1. The second-order valence-electron chi connectivity index (χ2n) is 2.88. The van der Waals surface area contributed by atoms with Gasteiger partial charge < -0.3 is 15.5 Å². The van der Waals surface area contributed by atoms with Gasteiger partial charge in [0.2, 0.25) is 5.82 Å². The summed E-state index contributed by atoms with van der Waals surface area (Å²) in [6, 6.07) is -0.186. The molecule has 1 heterocycles. The second-order valence-corrected chi connectivity index (χ2v) is 2.88. The Balaban J connectivity index is 3.02. The molecule has 0 aliphatic carbocycles. The van der Waals surface area contributed by atoms with Gasteiger partial charge in [0.25, 0.3) is 0 Å². The zero-order valence-corrected chi connectivity index (χ0v) is 7.92. The van der Waals surface area contributed by atoms with Gasteiger partial charge in [-0.05, 0) is 13.8 Å². The lowest BCUT2D eigenvalue weighted by atomic mass is 10.2. The maximum atomic E-state index is 11.0. The van der Waals surface area contributed by atoms with Crippen LogP contribution in [0.25, 0.3) is 0 Å². The first-order valence-electron chi connectivity index (χ1n) is 3.96. The number of aryl methyl sites for hydroxylation is 1. The topological polar surface area (TPSA) is 81.0 Å². The number of carbonyl (C=O) groups is 1. The smallest absolute Gasteiger partial charge is 0.374 e. The Kier molecular flexibility index (Phi) is 2.67. The third-order valence-corrected chi connectivity index (χ3v) is 1.73. The molecule has 1 unspecified atom stereocenters. The Morgan fingerprint density at radius 1 is 1.69 bits per heavy atom. The Morgan fingerprint density at radius 3 is 2.69 bits per heavy atom. The fraction of sp³-hybridized carbons (Fsp3) is 0.500. The van der Waals surface area contributed by atoms with Crippen LogP contribution in [0.5, 0.6) is 0 Å². The van der Waals surface area contributed by atoms with Gasteiger partial charge in [0.05, 0.1) is 12.8 Å². The number of carbonyl (C=O) groups excluding carboxylic acids is 1. The number of hydrogen-bond donors (Lipinski definition) is 2. The molecule has 5 heteroatoms. The van der Waals surface area contributed by atoms with Gasteiger partial charge >= 0.3 is 5.97 Å². The molecule has 1 rings (SSSR count). The quantitative estimate of drug-likeness (QED) is 0.655. The Labute approximate surface area is 76.3 Å². The van der Waals surface area contributed by atoms with E-state index in [2.05, 4.69) is 14.7 Å². The molecule has 0 spiro atoms. The van der Waals surface area contributed by atoms with E-state index in [-0.39, 0.29) is 11.9 Å². The summed E-state index contributed by atoms with van der Waals surface area (Å²) in [5.41, 5.74) is 7.13. The molecule has 13 heavy (non-hydrogen) atoms. The standard InChI is InChI=1S/C8H13N3O2/c1-4(9)6-5(2)10-7(11-6)8(12)13-3/h4H,9H2,1-3H3,(H,10,11). The SMILES string of the molecule is COC(=O)c1nc(C(C)N)c(C)[nH]1. The molecule has 0 aromatic carbocycles. The number of aromatic nitrogens is 2. The molecule has 1 atom stereocenters. The number of imidazole rings is 1. The van der Waals surface area contributed by atoms with Crippen molar-refractivity contribution < 1.29 is 9.53 Å². The van der Waals surface area contributed by atoms with Gasteiger partial charge in [-0.15, -0.1) is 0 Å². The monoisotopic (exact) mass is 183 g/mol. The minimum atomic E-state index is -0.477. The molecule has 0 aliphatic heterocycles. The number of rotatable bonds is 2. The van der Waals surface area contributed by atoms with E-state index < -0.39 is 5.97 Å². The number of hydrogen-bond acceptors (Lipinski definition) is 4. The van der Waals surface area contributed by atoms with Crippen molar-refractivity contribution in [1.82, 2.24) is 9.97 Å². The fourth-order valence-corrected chi connectivity index (χ4v) is 1.11. The number of nitrogens with zero attached hydrogens (tertiary/aromatic N) is 1. The van der Waals surface area contributed by atoms with Crippen LogP contribution in [-0.4, -0.2) is 23.0 Å². The third-order valence-electron chi connectivity index (χ3n) is 1.73. The van der Waals surface area contributed by atoms with Crippen molar-refractivity contribution in [3.8, 4) is 0 Å². The van der Waals surface area contributed by atoms with Crippen molar-refractivity contribution in [3.63, 3.8) is 0 Å². The van der Waals surface area contributed by atoms with Crippen LogP contribution in [0, 0.1) is 6.92 Å².